The van der Waals surface area contributed by atoms with E-state index < -0.39 is 23.1 Å². The van der Waals surface area contributed by atoms with E-state index in [0.717, 1.165) is 111 Å². The highest BCUT2D eigenvalue weighted by Crippen LogP contribution is 2.45. The molecule has 2 atom stereocenters. The lowest BCUT2D eigenvalue weighted by Gasteiger charge is -2.43. The van der Waals surface area contributed by atoms with Crippen LogP contribution in [0.5, 0.6) is 0 Å². The molecule has 0 saturated carbocycles. The molecule has 0 saturated heterocycles. The highest BCUT2D eigenvalue weighted by molar-refractivity contribution is 6.31. The van der Waals surface area contributed by atoms with Crippen molar-refractivity contribution in [2.24, 2.45) is 11.8 Å². The lowest BCUT2D eigenvalue weighted by molar-refractivity contribution is -0.182. The van der Waals surface area contributed by atoms with Gasteiger partial charge in [0.1, 0.15) is 17.6 Å². The SMILES string of the molecule is CCCC(CCC)(OC(=O)CC(=O)OC(CCC)(CCC)C1CCc2c([nH]c3ccc(Cl)cc23)C1)C1CCc2c([nH]c3ccc(Cl)cc23)C1. The Kier molecular flexibility index (Phi) is 11.1. The van der Waals surface area contributed by atoms with Crippen molar-refractivity contribution in [1.29, 1.82) is 0 Å². The van der Waals surface area contributed by atoms with E-state index in [1.807, 2.05) is 36.4 Å². The zero-order valence-electron chi connectivity index (χ0n) is 29.6. The molecule has 6 nitrogen and oxygen atoms in total. The van der Waals surface area contributed by atoms with E-state index >= 15 is 0 Å². The molecule has 2 heterocycles. The first-order valence-electron chi connectivity index (χ1n) is 18.7. The monoisotopic (exact) mass is 706 g/mol. The molecule has 4 aromatic rings. The molecule has 0 bridgehead atoms. The van der Waals surface area contributed by atoms with Gasteiger partial charge in [-0.15, -0.1) is 0 Å². The summed E-state index contributed by atoms with van der Waals surface area (Å²) in [5.74, 6) is -0.626. The van der Waals surface area contributed by atoms with Gasteiger partial charge in [0.15, 0.2) is 0 Å². The van der Waals surface area contributed by atoms with Gasteiger partial charge in [-0.05, 0) is 112 Å². The van der Waals surface area contributed by atoms with Gasteiger partial charge in [0.2, 0.25) is 0 Å². The van der Waals surface area contributed by atoms with Gasteiger partial charge in [0, 0.05) is 55.1 Å². The second-order valence-electron chi connectivity index (χ2n) is 14.7. The molecule has 2 aliphatic rings. The first-order valence-corrected chi connectivity index (χ1v) is 19.4. The predicted octanol–water partition coefficient (Wildman–Crippen LogP) is 11.0. The first kappa shape index (κ1) is 35.9. The number of aryl methyl sites for hydroxylation is 2. The minimum Gasteiger partial charge on any atom is -0.458 e. The van der Waals surface area contributed by atoms with Crippen molar-refractivity contribution >= 4 is 56.9 Å². The van der Waals surface area contributed by atoms with E-state index in [2.05, 4.69) is 37.7 Å². The van der Waals surface area contributed by atoms with Crippen LogP contribution >= 0.6 is 23.2 Å². The second kappa shape index (κ2) is 15.1. The Morgan fingerprint density at radius 1 is 0.673 bits per heavy atom. The molecule has 2 N–H and O–H groups in total. The fourth-order valence-electron chi connectivity index (χ4n) is 9.48. The van der Waals surface area contributed by atoms with Crippen LogP contribution < -0.4 is 0 Å². The Hall–Kier alpha value is -2.96. The van der Waals surface area contributed by atoms with Gasteiger partial charge in [-0.1, -0.05) is 76.6 Å². The number of aromatic amines is 2. The molecule has 0 fully saturated rings. The third kappa shape index (κ3) is 7.28. The number of nitrogens with one attached hydrogen (secondary N) is 2. The number of halogens is 2. The van der Waals surface area contributed by atoms with Crippen LogP contribution in [0.3, 0.4) is 0 Å². The van der Waals surface area contributed by atoms with E-state index in [9.17, 15) is 9.59 Å². The zero-order valence-corrected chi connectivity index (χ0v) is 31.1. The molecular weight excluding hydrogens is 655 g/mol. The third-order valence-electron chi connectivity index (χ3n) is 11.4. The number of carbonyl (C=O) groups excluding carboxylic acids is 2. The molecule has 264 valence electrons. The Labute approximate surface area is 301 Å². The molecule has 2 aromatic carbocycles. The van der Waals surface area contributed by atoms with Gasteiger partial charge in [-0.2, -0.15) is 0 Å². The highest BCUT2D eigenvalue weighted by Gasteiger charge is 2.46. The minimum absolute atomic E-state index is 0.158. The zero-order chi connectivity index (χ0) is 34.8. The summed E-state index contributed by atoms with van der Waals surface area (Å²) in [4.78, 5) is 34.8. The summed E-state index contributed by atoms with van der Waals surface area (Å²) in [6.07, 6.45) is 11.5. The van der Waals surface area contributed by atoms with E-state index in [1.54, 1.807) is 0 Å². The van der Waals surface area contributed by atoms with Crippen LogP contribution in [0.25, 0.3) is 21.8 Å². The maximum Gasteiger partial charge on any atom is 0.317 e. The normalized spacial score (nSPS) is 18.0. The molecule has 8 heteroatoms. The van der Waals surface area contributed by atoms with Gasteiger partial charge in [-0.3, -0.25) is 9.59 Å². The molecule has 0 spiro atoms. The quantitative estimate of drug-likeness (QED) is 0.101. The summed E-state index contributed by atoms with van der Waals surface area (Å²) in [7, 11) is 0. The van der Waals surface area contributed by atoms with Crippen LogP contribution in [0.4, 0.5) is 0 Å². The smallest absolute Gasteiger partial charge is 0.317 e. The topological polar surface area (TPSA) is 84.2 Å². The summed E-state index contributed by atoms with van der Waals surface area (Å²) in [5.41, 5.74) is 5.98. The van der Waals surface area contributed by atoms with Crippen molar-refractivity contribution in [3.63, 3.8) is 0 Å². The fourth-order valence-corrected chi connectivity index (χ4v) is 9.82. The lowest BCUT2D eigenvalue weighted by Crippen LogP contribution is -2.47. The Morgan fingerprint density at radius 2 is 1.06 bits per heavy atom. The molecule has 0 aliphatic heterocycles. The number of aromatic nitrogens is 2. The van der Waals surface area contributed by atoms with Gasteiger partial charge in [0.05, 0.1) is 0 Å². The maximum absolute atomic E-state index is 13.8. The molecule has 2 unspecified atom stereocenters. The van der Waals surface area contributed by atoms with Crippen molar-refractivity contribution in [1.82, 2.24) is 9.97 Å². The van der Waals surface area contributed by atoms with Gasteiger partial charge < -0.3 is 19.4 Å². The van der Waals surface area contributed by atoms with Crippen molar-refractivity contribution in [2.45, 2.75) is 135 Å². The Morgan fingerprint density at radius 3 is 1.43 bits per heavy atom. The van der Waals surface area contributed by atoms with Crippen molar-refractivity contribution in [3.05, 3.63) is 69.0 Å². The average Bonchev–Trinajstić information content (AvgIpc) is 3.61. The highest BCUT2D eigenvalue weighted by atomic mass is 35.5. The van der Waals surface area contributed by atoms with E-state index in [1.165, 1.54) is 33.3 Å². The summed E-state index contributed by atoms with van der Waals surface area (Å²) in [5, 5.41) is 3.84. The first-order chi connectivity index (χ1) is 23.6. The Bertz CT molecular complexity index is 1660. The largest absolute Gasteiger partial charge is 0.458 e. The van der Waals surface area contributed by atoms with Crippen LogP contribution in [0.2, 0.25) is 10.0 Å². The van der Waals surface area contributed by atoms with E-state index in [0.29, 0.717) is 0 Å². The lowest BCUT2D eigenvalue weighted by atomic mass is 9.72. The molecule has 0 amide bonds. The van der Waals surface area contributed by atoms with Crippen LogP contribution in [-0.4, -0.2) is 33.1 Å². The van der Waals surface area contributed by atoms with Gasteiger partial charge in [0.25, 0.3) is 0 Å². The van der Waals surface area contributed by atoms with Crippen molar-refractivity contribution in [3.8, 4) is 0 Å². The van der Waals surface area contributed by atoms with Gasteiger partial charge in [-0.25, -0.2) is 0 Å². The maximum atomic E-state index is 13.8. The number of esters is 2. The number of benzene rings is 2. The van der Waals surface area contributed by atoms with Crippen LogP contribution in [0, 0.1) is 11.8 Å². The van der Waals surface area contributed by atoms with Crippen molar-refractivity contribution < 1.29 is 19.1 Å². The number of rotatable bonds is 14. The summed E-state index contributed by atoms with van der Waals surface area (Å²) >= 11 is 12.7. The average molecular weight is 708 g/mol. The summed E-state index contributed by atoms with van der Waals surface area (Å²) in [6, 6.07) is 12.0. The van der Waals surface area contributed by atoms with Gasteiger partial charge >= 0.3 is 11.9 Å². The number of carbonyl (C=O) groups is 2. The van der Waals surface area contributed by atoms with E-state index in [4.69, 9.17) is 32.7 Å². The van der Waals surface area contributed by atoms with Crippen LogP contribution in [0.15, 0.2) is 36.4 Å². The molecule has 2 aromatic heterocycles. The number of hydrogen-bond acceptors (Lipinski definition) is 4. The van der Waals surface area contributed by atoms with Crippen LogP contribution in [0.1, 0.15) is 121 Å². The predicted molar refractivity (Wildman–Crippen MR) is 200 cm³/mol. The summed E-state index contributed by atoms with van der Waals surface area (Å²) in [6.45, 7) is 8.58. The fraction of sp³-hybridized carbons (Fsp3) is 0.561. The number of hydrogen-bond donors (Lipinski definition) is 2. The standard InChI is InChI=1S/C41H52Cl2N2O4/c1-5-17-40(18-6-2,26-9-13-30-32-23-28(42)11-15-34(32)44-36(30)21-26)48-38(46)25-39(47)49-41(19-7-3,20-8-4)27-10-14-31-33-24-29(43)12-16-35(33)45-37(31)22-27/h11-12,15-16,23-24,26-27,44-45H,5-10,13-14,17-22,25H2,1-4H3. The Balaban J connectivity index is 1.19. The number of ether oxygens (including phenoxy) is 2. The molecule has 49 heavy (non-hydrogen) atoms. The molecule has 6 rings (SSSR count). The van der Waals surface area contributed by atoms with E-state index in [-0.39, 0.29) is 18.3 Å². The number of fused-ring (bicyclic) bond motifs is 6. The minimum atomic E-state index is -0.629. The third-order valence-corrected chi connectivity index (χ3v) is 11.9. The molecular formula is C41H52Cl2N2O4. The number of H-pyrrole nitrogens is 2. The molecule has 0 radical (unpaired) electrons. The van der Waals surface area contributed by atoms with Crippen LogP contribution in [-0.2, 0) is 44.7 Å². The summed E-state index contributed by atoms with van der Waals surface area (Å²) < 4.78 is 13.0. The second-order valence-corrected chi connectivity index (χ2v) is 15.6. The molecule has 2 aliphatic carbocycles. The van der Waals surface area contributed by atoms with Crippen molar-refractivity contribution in [2.75, 3.05) is 0 Å².